The van der Waals surface area contributed by atoms with Crippen molar-refractivity contribution in [2.24, 2.45) is 0 Å². The van der Waals surface area contributed by atoms with Crippen molar-refractivity contribution in [2.45, 2.75) is 10.6 Å². The topological polar surface area (TPSA) is 46.2 Å². The van der Waals surface area contributed by atoms with Crippen molar-refractivity contribution >= 4 is 49.1 Å². The van der Waals surface area contributed by atoms with Gasteiger partial charge in [0.15, 0.2) is 0 Å². The Balaban J connectivity index is 1.80. The van der Waals surface area contributed by atoms with E-state index in [1.165, 1.54) is 4.88 Å². The fourth-order valence-corrected chi connectivity index (χ4v) is 5.42. The fourth-order valence-electron chi connectivity index (χ4n) is 1.56. The first-order valence-corrected chi connectivity index (χ1v) is 10.2. The first-order chi connectivity index (χ1) is 9.59. The first-order valence-electron chi connectivity index (χ1n) is 5.94. The third-order valence-electron chi connectivity index (χ3n) is 2.49. The molecule has 2 aromatic rings. The van der Waals surface area contributed by atoms with Crippen LogP contribution in [-0.2, 0) is 15.8 Å². The Bertz CT molecular complexity index is 641. The lowest BCUT2D eigenvalue weighted by Crippen LogP contribution is -2.26. The molecular weight excluding hydrogens is 378 g/mol. The number of thiophene rings is 1. The smallest absolute Gasteiger partial charge is 0.210 e. The van der Waals surface area contributed by atoms with Crippen LogP contribution in [0.1, 0.15) is 4.88 Å². The zero-order valence-electron chi connectivity index (χ0n) is 10.6. The normalized spacial score (nSPS) is 11.7. The molecule has 0 saturated carbocycles. The standard InChI is InChI=1S/C13H14BrNO2S3/c14-12-5-1-2-6-13(12)20(16,17)15-7-9-18-10-11-4-3-8-19-11/h1-6,8,15H,7,9-10H2. The zero-order chi connectivity index (χ0) is 14.4. The van der Waals surface area contributed by atoms with E-state index in [2.05, 4.69) is 26.7 Å². The fraction of sp³-hybridized carbons (Fsp3) is 0.231. The Morgan fingerprint density at radius 3 is 2.70 bits per heavy atom. The minimum atomic E-state index is -3.43. The number of rotatable bonds is 7. The van der Waals surface area contributed by atoms with Crippen molar-refractivity contribution in [3.05, 3.63) is 51.1 Å². The summed E-state index contributed by atoms with van der Waals surface area (Å²) in [5.41, 5.74) is 0. The van der Waals surface area contributed by atoms with Gasteiger partial charge in [0.25, 0.3) is 0 Å². The molecule has 1 aromatic heterocycles. The maximum absolute atomic E-state index is 12.1. The highest BCUT2D eigenvalue weighted by atomic mass is 79.9. The first kappa shape index (κ1) is 16.0. The van der Waals surface area contributed by atoms with Crippen LogP contribution >= 0.6 is 39.0 Å². The van der Waals surface area contributed by atoms with E-state index >= 15 is 0 Å². The third kappa shape index (κ3) is 4.60. The second-order valence-corrected chi connectivity index (χ2v) is 8.69. The van der Waals surface area contributed by atoms with Crippen LogP contribution in [0.25, 0.3) is 0 Å². The minimum Gasteiger partial charge on any atom is -0.210 e. The van der Waals surface area contributed by atoms with Crippen LogP contribution < -0.4 is 4.72 Å². The Kier molecular flexibility index (Phi) is 6.10. The summed E-state index contributed by atoms with van der Waals surface area (Å²) < 4.78 is 27.4. The highest BCUT2D eigenvalue weighted by Crippen LogP contribution is 2.21. The minimum absolute atomic E-state index is 0.281. The molecule has 108 valence electrons. The molecule has 7 heteroatoms. The van der Waals surface area contributed by atoms with Crippen molar-refractivity contribution in [2.75, 3.05) is 12.3 Å². The predicted octanol–water partition coefficient (Wildman–Crippen LogP) is 3.72. The summed E-state index contributed by atoms with van der Waals surface area (Å²) in [5, 5.41) is 2.05. The van der Waals surface area contributed by atoms with E-state index in [4.69, 9.17) is 0 Å². The molecule has 0 saturated heterocycles. The van der Waals surface area contributed by atoms with Gasteiger partial charge in [0.1, 0.15) is 0 Å². The van der Waals surface area contributed by atoms with Gasteiger partial charge in [0.05, 0.1) is 4.90 Å². The molecule has 1 N–H and O–H groups in total. The van der Waals surface area contributed by atoms with E-state index in [9.17, 15) is 8.42 Å². The molecule has 0 bridgehead atoms. The van der Waals surface area contributed by atoms with E-state index in [1.54, 1.807) is 47.4 Å². The van der Waals surface area contributed by atoms with Gasteiger partial charge in [-0.2, -0.15) is 11.8 Å². The number of hydrogen-bond donors (Lipinski definition) is 1. The molecule has 0 unspecified atom stereocenters. The van der Waals surface area contributed by atoms with E-state index in [0.717, 1.165) is 11.5 Å². The van der Waals surface area contributed by atoms with Gasteiger partial charge in [-0.25, -0.2) is 13.1 Å². The lowest BCUT2D eigenvalue weighted by molar-refractivity contribution is 0.583. The number of halogens is 1. The van der Waals surface area contributed by atoms with E-state index in [1.807, 2.05) is 11.4 Å². The van der Waals surface area contributed by atoms with Crippen LogP contribution in [0.2, 0.25) is 0 Å². The second-order valence-electron chi connectivity index (χ2n) is 3.96. The van der Waals surface area contributed by atoms with Gasteiger partial charge in [-0.3, -0.25) is 0 Å². The Morgan fingerprint density at radius 1 is 1.20 bits per heavy atom. The van der Waals surface area contributed by atoms with Crippen LogP contribution in [0.3, 0.4) is 0 Å². The van der Waals surface area contributed by atoms with Crippen LogP contribution in [-0.4, -0.2) is 20.7 Å². The van der Waals surface area contributed by atoms with Crippen LogP contribution in [0.5, 0.6) is 0 Å². The zero-order valence-corrected chi connectivity index (χ0v) is 14.6. The largest absolute Gasteiger partial charge is 0.241 e. The molecule has 2 rings (SSSR count). The molecule has 0 spiro atoms. The van der Waals surface area contributed by atoms with Gasteiger partial charge >= 0.3 is 0 Å². The Morgan fingerprint density at radius 2 is 2.00 bits per heavy atom. The SMILES string of the molecule is O=S(=O)(NCCSCc1cccs1)c1ccccc1Br. The lowest BCUT2D eigenvalue weighted by atomic mass is 10.4. The molecule has 0 aliphatic rings. The highest BCUT2D eigenvalue weighted by Gasteiger charge is 2.15. The molecule has 20 heavy (non-hydrogen) atoms. The summed E-state index contributed by atoms with van der Waals surface area (Å²) in [7, 11) is -3.43. The van der Waals surface area contributed by atoms with Crippen LogP contribution in [0.15, 0.2) is 51.1 Å². The van der Waals surface area contributed by atoms with Crippen molar-refractivity contribution in [3.8, 4) is 0 Å². The lowest BCUT2D eigenvalue weighted by Gasteiger charge is -2.08. The van der Waals surface area contributed by atoms with E-state index in [-0.39, 0.29) is 4.90 Å². The summed E-state index contributed by atoms with van der Waals surface area (Å²) >= 11 is 6.70. The summed E-state index contributed by atoms with van der Waals surface area (Å²) in [6.45, 7) is 0.430. The number of hydrogen-bond acceptors (Lipinski definition) is 4. The molecule has 0 amide bonds. The molecule has 0 aliphatic heterocycles. The molecular formula is C13H14BrNO2S3. The second kappa shape index (κ2) is 7.61. The Labute approximate surface area is 136 Å². The highest BCUT2D eigenvalue weighted by molar-refractivity contribution is 9.10. The van der Waals surface area contributed by atoms with Gasteiger partial charge in [-0.05, 0) is 39.5 Å². The number of nitrogens with one attached hydrogen (secondary N) is 1. The van der Waals surface area contributed by atoms with Crippen LogP contribution in [0, 0.1) is 0 Å². The third-order valence-corrected chi connectivity index (χ3v) is 7.03. The van der Waals surface area contributed by atoms with Crippen molar-refractivity contribution in [1.29, 1.82) is 0 Å². The molecule has 0 fully saturated rings. The van der Waals surface area contributed by atoms with Gasteiger partial charge in [0.2, 0.25) is 10.0 Å². The van der Waals surface area contributed by atoms with Gasteiger partial charge in [-0.15, -0.1) is 11.3 Å². The molecule has 0 atom stereocenters. The summed E-state index contributed by atoms with van der Waals surface area (Å²) in [5.74, 6) is 1.68. The number of sulfonamides is 1. The van der Waals surface area contributed by atoms with E-state index in [0.29, 0.717) is 11.0 Å². The summed E-state index contributed by atoms with van der Waals surface area (Å²) in [4.78, 5) is 1.59. The number of benzene rings is 1. The molecule has 0 aliphatic carbocycles. The van der Waals surface area contributed by atoms with Crippen LogP contribution in [0.4, 0.5) is 0 Å². The maximum atomic E-state index is 12.1. The predicted molar refractivity (Wildman–Crippen MR) is 89.8 cm³/mol. The molecule has 1 aromatic carbocycles. The maximum Gasteiger partial charge on any atom is 0.241 e. The van der Waals surface area contributed by atoms with Gasteiger partial charge < -0.3 is 0 Å². The molecule has 1 heterocycles. The van der Waals surface area contributed by atoms with Crippen molar-refractivity contribution < 1.29 is 8.42 Å². The van der Waals surface area contributed by atoms with Gasteiger partial charge in [0, 0.05) is 27.4 Å². The molecule has 0 radical (unpaired) electrons. The number of thioether (sulfide) groups is 1. The quantitative estimate of drug-likeness (QED) is 0.731. The van der Waals surface area contributed by atoms with Crippen molar-refractivity contribution in [3.63, 3.8) is 0 Å². The summed E-state index contributed by atoms with van der Waals surface area (Å²) in [6.07, 6.45) is 0. The van der Waals surface area contributed by atoms with E-state index < -0.39 is 10.0 Å². The average molecular weight is 392 g/mol. The summed E-state index contributed by atoms with van der Waals surface area (Å²) in [6, 6.07) is 10.9. The monoisotopic (exact) mass is 391 g/mol. The van der Waals surface area contributed by atoms with Crippen molar-refractivity contribution in [1.82, 2.24) is 4.72 Å². The molecule has 3 nitrogen and oxygen atoms in total. The Hall–Kier alpha value is -0.340. The average Bonchev–Trinajstić information content (AvgIpc) is 2.91. The van der Waals surface area contributed by atoms with Gasteiger partial charge in [-0.1, -0.05) is 18.2 Å².